The summed E-state index contributed by atoms with van der Waals surface area (Å²) in [6.07, 6.45) is 4.23. The van der Waals surface area contributed by atoms with Crippen LogP contribution in [0.2, 0.25) is 0 Å². The van der Waals surface area contributed by atoms with Crippen LogP contribution in [0.15, 0.2) is 59.5 Å². The van der Waals surface area contributed by atoms with E-state index < -0.39 is 11.9 Å². The number of imidazole rings is 1. The number of piperazine rings is 1. The standard InChI is InChI=1S/C40H41FN10O4/c1-47-33-17-25(3-5-31(33)51(39(47)55)32-6-7-34(52)46-38(32)54)50-20-23(21-50)19-48-12-14-49(15-13-48)24-2-4-26(28(41)16-24)36-42-11-8-29(45-36)30-18-27-35(44-30)40(9-10-40)22-43-37(27)53/h2-5,8,11,16-18,23,32,44H,6-7,9-10,12-15,19-22H2,1H3,(H,43,53)(H,46,52,54). The minimum atomic E-state index is -0.700. The third-order valence-corrected chi connectivity index (χ3v) is 12.3. The monoisotopic (exact) mass is 744 g/mol. The Morgan fingerprint density at radius 1 is 0.891 bits per heavy atom. The van der Waals surface area contributed by atoms with Crippen LogP contribution in [-0.2, 0) is 22.1 Å². The van der Waals surface area contributed by atoms with Crippen molar-refractivity contribution in [1.29, 1.82) is 0 Å². The Kier molecular flexibility index (Phi) is 7.73. The summed E-state index contributed by atoms with van der Waals surface area (Å²) < 4.78 is 18.8. The molecule has 3 saturated heterocycles. The van der Waals surface area contributed by atoms with Gasteiger partial charge in [-0.3, -0.25) is 33.7 Å². The average molecular weight is 745 g/mol. The second-order valence-electron chi connectivity index (χ2n) is 15.8. The van der Waals surface area contributed by atoms with Crippen LogP contribution in [-0.4, -0.2) is 99.1 Å². The van der Waals surface area contributed by atoms with Crippen LogP contribution in [0.1, 0.15) is 47.8 Å². The molecule has 5 aliphatic rings. The highest BCUT2D eigenvalue weighted by Gasteiger charge is 2.50. The number of rotatable bonds is 7. The number of aromatic amines is 1. The SMILES string of the molecule is Cn1c(=O)n(C2CCC(=O)NC2=O)c2ccc(N3CC(CN4CCN(c5ccc(-c6nccc(-c7cc8c([nH]7)C7(CC7)CNC8=O)n6)c(F)c5)CC4)C3)cc21. The summed E-state index contributed by atoms with van der Waals surface area (Å²) in [4.78, 5) is 69.5. The first-order valence-corrected chi connectivity index (χ1v) is 19.1. The van der Waals surface area contributed by atoms with Crippen molar-refractivity contribution in [1.82, 2.24) is 39.6 Å². The summed E-state index contributed by atoms with van der Waals surface area (Å²) >= 11 is 0. The van der Waals surface area contributed by atoms with Gasteiger partial charge in [-0.1, -0.05) is 0 Å². The number of carbonyl (C=O) groups excluding carboxylic acids is 3. The quantitative estimate of drug-likeness (QED) is 0.214. The van der Waals surface area contributed by atoms with E-state index in [9.17, 15) is 19.2 Å². The van der Waals surface area contributed by atoms with Gasteiger partial charge in [0.15, 0.2) is 5.82 Å². The molecule has 4 fully saturated rings. The van der Waals surface area contributed by atoms with Crippen LogP contribution < -0.4 is 26.1 Å². The number of nitrogens with one attached hydrogen (secondary N) is 3. The average Bonchev–Trinajstić information content (AvgIpc) is 3.72. The van der Waals surface area contributed by atoms with E-state index in [-0.39, 0.29) is 35.2 Å². The van der Waals surface area contributed by atoms with E-state index in [0.29, 0.717) is 47.0 Å². The van der Waals surface area contributed by atoms with Crippen molar-refractivity contribution < 1.29 is 18.8 Å². The Bertz CT molecular complexity index is 2470. The summed E-state index contributed by atoms with van der Waals surface area (Å²) in [7, 11) is 1.72. The predicted octanol–water partition coefficient (Wildman–Crippen LogP) is 2.94. The fraction of sp³-hybridized carbons (Fsp3) is 0.400. The van der Waals surface area contributed by atoms with Gasteiger partial charge in [0.2, 0.25) is 11.8 Å². The molecule has 3 aromatic heterocycles. The van der Waals surface area contributed by atoms with Gasteiger partial charge in [0, 0.05) is 100 Å². The Hall–Kier alpha value is -5.83. The van der Waals surface area contributed by atoms with Gasteiger partial charge in [-0.25, -0.2) is 19.2 Å². The molecule has 0 bridgehead atoms. The molecule has 5 aromatic rings. The molecule has 1 spiro atoms. The van der Waals surface area contributed by atoms with Crippen LogP contribution in [0.5, 0.6) is 0 Å². The maximum absolute atomic E-state index is 15.7. The summed E-state index contributed by atoms with van der Waals surface area (Å²) in [6, 6.07) is 14.1. The number of hydrogen-bond donors (Lipinski definition) is 3. The maximum Gasteiger partial charge on any atom is 0.329 e. The number of H-pyrrole nitrogens is 1. The van der Waals surface area contributed by atoms with E-state index in [0.717, 1.165) is 86.9 Å². The van der Waals surface area contributed by atoms with E-state index in [4.69, 9.17) is 4.98 Å². The predicted molar refractivity (Wildman–Crippen MR) is 203 cm³/mol. The number of carbonyl (C=O) groups is 3. The van der Waals surface area contributed by atoms with Gasteiger partial charge in [0.25, 0.3) is 5.91 Å². The van der Waals surface area contributed by atoms with Crippen LogP contribution in [0.25, 0.3) is 33.8 Å². The number of fused-ring (bicyclic) bond motifs is 3. The van der Waals surface area contributed by atoms with Gasteiger partial charge in [-0.2, -0.15) is 0 Å². The summed E-state index contributed by atoms with van der Waals surface area (Å²) in [5, 5.41) is 5.36. The molecule has 1 unspecified atom stereocenters. The van der Waals surface area contributed by atoms with Crippen molar-refractivity contribution in [3.8, 4) is 22.8 Å². The Morgan fingerprint density at radius 3 is 2.44 bits per heavy atom. The van der Waals surface area contributed by atoms with Crippen LogP contribution >= 0.6 is 0 Å². The van der Waals surface area contributed by atoms with E-state index in [1.54, 1.807) is 36.0 Å². The Morgan fingerprint density at radius 2 is 1.67 bits per heavy atom. The lowest BCUT2D eigenvalue weighted by molar-refractivity contribution is -0.135. The summed E-state index contributed by atoms with van der Waals surface area (Å²) in [5.74, 6) is -0.387. The molecule has 1 atom stereocenters. The number of aryl methyl sites for hydroxylation is 1. The van der Waals surface area contributed by atoms with Gasteiger partial charge in [0.1, 0.15) is 11.9 Å². The number of benzene rings is 2. The minimum Gasteiger partial charge on any atom is -0.371 e. The second kappa shape index (κ2) is 12.6. The number of anilines is 2. The number of amides is 3. The zero-order chi connectivity index (χ0) is 37.6. The lowest BCUT2D eigenvalue weighted by Crippen LogP contribution is -2.55. The number of halogens is 1. The molecule has 4 aliphatic heterocycles. The molecular formula is C40H41FN10O4. The van der Waals surface area contributed by atoms with Crippen molar-refractivity contribution >= 4 is 40.1 Å². The van der Waals surface area contributed by atoms with Gasteiger partial charge >= 0.3 is 5.69 Å². The third kappa shape index (κ3) is 5.70. The highest BCUT2D eigenvalue weighted by Crippen LogP contribution is 2.50. The van der Waals surface area contributed by atoms with E-state index in [1.165, 1.54) is 4.57 Å². The molecule has 3 N–H and O–H groups in total. The molecule has 1 saturated carbocycles. The smallest absolute Gasteiger partial charge is 0.329 e. The van der Waals surface area contributed by atoms with Gasteiger partial charge in [-0.15, -0.1) is 0 Å². The second-order valence-corrected chi connectivity index (χ2v) is 15.8. The molecule has 10 rings (SSSR count). The number of hydrogen-bond acceptors (Lipinski definition) is 9. The van der Waals surface area contributed by atoms with Crippen molar-refractivity contribution in [3.63, 3.8) is 0 Å². The van der Waals surface area contributed by atoms with Crippen molar-refractivity contribution in [3.05, 3.63) is 82.3 Å². The lowest BCUT2D eigenvalue weighted by atomic mass is 9.95. The highest BCUT2D eigenvalue weighted by molar-refractivity contribution is 6.00. The maximum atomic E-state index is 15.7. The van der Waals surface area contributed by atoms with Crippen LogP contribution in [0.4, 0.5) is 15.8 Å². The summed E-state index contributed by atoms with van der Waals surface area (Å²) in [5.41, 5.74) is 6.37. The zero-order valence-electron chi connectivity index (χ0n) is 30.5. The summed E-state index contributed by atoms with van der Waals surface area (Å²) in [6.45, 7) is 6.80. The molecule has 3 amide bonds. The normalized spacial score (nSPS) is 21.1. The van der Waals surface area contributed by atoms with E-state index in [2.05, 4.69) is 35.3 Å². The molecule has 1 aliphatic carbocycles. The Balaban J connectivity index is 0.752. The molecular weight excluding hydrogens is 704 g/mol. The minimum absolute atomic E-state index is 0.00222. The molecule has 15 heteroatoms. The van der Waals surface area contributed by atoms with Crippen molar-refractivity contribution in [2.24, 2.45) is 13.0 Å². The lowest BCUT2D eigenvalue weighted by Gasteiger charge is -2.45. The van der Waals surface area contributed by atoms with Crippen LogP contribution in [0, 0.1) is 11.7 Å². The number of nitrogens with zero attached hydrogens (tertiary/aromatic N) is 7. The first kappa shape index (κ1) is 33.7. The first-order valence-electron chi connectivity index (χ1n) is 19.1. The van der Waals surface area contributed by atoms with E-state index in [1.807, 2.05) is 30.3 Å². The van der Waals surface area contributed by atoms with Gasteiger partial charge < -0.3 is 20.1 Å². The van der Waals surface area contributed by atoms with E-state index >= 15 is 4.39 Å². The Labute approximate surface area is 315 Å². The van der Waals surface area contributed by atoms with Gasteiger partial charge in [-0.05, 0) is 67.8 Å². The fourth-order valence-electron chi connectivity index (χ4n) is 8.95. The number of piperidine rings is 1. The first-order chi connectivity index (χ1) is 26.6. The molecule has 55 heavy (non-hydrogen) atoms. The van der Waals surface area contributed by atoms with Gasteiger partial charge in [0.05, 0.1) is 33.5 Å². The highest BCUT2D eigenvalue weighted by atomic mass is 19.1. The molecule has 2 aromatic carbocycles. The third-order valence-electron chi connectivity index (χ3n) is 12.3. The van der Waals surface area contributed by atoms with Crippen molar-refractivity contribution in [2.75, 3.05) is 62.2 Å². The number of imide groups is 1. The molecule has 0 radical (unpaired) electrons. The largest absolute Gasteiger partial charge is 0.371 e. The molecule has 14 nitrogen and oxygen atoms in total. The fourth-order valence-corrected chi connectivity index (χ4v) is 8.95. The van der Waals surface area contributed by atoms with Crippen LogP contribution in [0.3, 0.4) is 0 Å². The number of aromatic nitrogens is 5. The topological polar surface area (TPSA) is 153 Å². The molecule has 7 heterocycles. The molecule has 282 valence electrons. The zero-order valence-corrected chi connectivity index (χ0v) is 30.5. The van der Waals surface area contributed by atoms with Crippen molar-refractivity contribution in [2.45, 2.75) is 37.1 Å².